The standard InChI is InChI=1S/C15H21N3O2S/c1-18-9-6-11(10-12(18)19)13(20)17-15(14(16)21)7-4-2-3-5-8-15/h6,9-10H,2-5,7-8H2,1H3,(H2,16,21)(H,17,20). The summed E-state index contributed by atoms with van der Waals surface area (Å²) in [6.07, 6.45) is 7.36. The number of aryl methyl sites for hydroxylation is 1. The van der Waals surface area contributed by atoms with Crippen LogP contribution < -0.4 is 16.6 Å². The maximum absolute atomic E-state index is 12.4. The smallest absolute Gasteiger partial charge is 0.252 e. The Morgan fingerprint density at radius 3 is 2.48 bits per heavy atom. The number of thiocarbonyl (C=S) groups is 1. The summed E-state index contributed by atoms with van der Waals surface area (Å²) in [7, 11) is 1.64. The summed E-state index contributed by atoms with van der Waals surface area (Å²) in [6, 6.07) is 2.96. The fourth-order valence-electron chi connectivity index (χ4n) is 2.74. The van der Waals surface area contributed by atoms with Crippen LogP contribution in [0.5, 0.6) is 0 Å². The molecule has 1 aliphatic carbocycles. The Morgan fingerprint density at radius 1 is 1.33 bits per heavy atom. The van der Waals surface area contributed by atoms with Gasteiger partial charge in [-0.05, 0) is 18.9 Å². The van der Waals surface area contributed by atoms with Crippen molar-refractivity contribution in [3.63, 3.8) is 0 Å². The van der Waals surface area contributed by atoms with E-state index in [1.165, 1.54) is 10.6 Å². The third kappa shape index (κ3) is 3.50. The molecule has 1 saturated carbocycles. The van der Waals surface area contributed by atoms with Crippen LogP contribution in [0.3, 0.4) is 0 Å². The molecule has 5 nitrogen and oxygen atoms in total. The van der Waals surface area contributed by atoms with E-state index in [2.05, 4.69) is 5.32 Å². The fraction of sp³-hybridized carbons (Fsp3) is 0.533. The Labute approximate surface area is 129 Å². The monoisotopic (exact) mass is 307 g/mol. The topological polar surface area (TPSA) is 77.1 Å². The van der Waals surface area contributed by atoms with E-state index in [0.717, 1.165) is 38.5 Å². The average Bonchev–Trinajstić information content (AvgIpc) is 2.68. The van der Waals surface area contributed by atoms with Crippen molar-refractivity contribution in [2.75, 3.05) is 0 Å². The minimum atomic E-state index is -0.621. The molecule has 0 spiro atoms. The second-order valence-corrected chi connectivity index (χ2v) is 6.12. The molecule has 1 aromatic rings. The summed E-state index contributed by atoms with van der Waals surface area (Å²) < 4.78 is 1.42. The molecule has 0 unspecified atom stereocenters. The summed E-state index contributed by atoms with van der Waals surface area (Å²) in [4.78, 5) is 24.4. The molecule has 0 aliphatic heterocycles. The average molecular weight is 307 g/mol. The first-order chi connectivity index (χ1) is 9.94. The van der Waals surface area contributed by atoms with Crippen LogP contribution in [0.2, 0.25) is 0 Å². The second-order valence-electron chi connectivity index (χ2n) is 5.68. The van der Waals surface area contributed by atoms with Gasteiger partial charge in [0.1, 0.15) is 0 Å². The predicted octanol–water partition coefficient (Wildman–Crippen LogP) is 1.49. The van der Waals surface area contributed by atoms with Crippen LogP contribution in [0.1, 0.15) is 48.9 Å². The molecule has 114 valence electrons. The highest BCUT2D eigenvalue weighted by Gasteiger charge is 2.35. The summed E-state index contributed by atoms with van der Waals surface area (Å²) in [5.41, 5.74) is 5.41. The number of hydrogen-bond acceptors (Lipinski definition) is 3. The maximum atomic E-state index is 12.4. The first-order valence-corrected chi connectivity index (χ1v) is 7.64. The van der Waals surface area contributed by atoms with E-state index in [-0.39, 0.29) is 11.5 Å². The molecular formula is C15H21N3O2S. The Balaban J connectivity index is 2.23. The number of pyridine rings is 1. The first kappa shape index (κ1) is 15.7. The molecule has 1 fully saturated rings. The van der Waals surface area contributed by atoms with Crippen LogP contribution in [0, 0.1) is 0 Å². The molecule has 6 heteroatoms. The van der Waals surface area contributed by atoms with Crippen molar-refractivity contribution < 1.29 is 4.79 Å². The van der Waals surface area contributed by atoms with Crippen LogP contribution >= 0.6 is 12.2 Å². The Hall–Kier alpha value is -1.69. The minimum Gasteiger partial charge on any atom is -0.391 e. The lowest BCUT2D eigenvalue weighted by atomic mass is 9.89. The number of nitrogens with one attached hydrogen (secondary N) is 1. The van der Waals surface area contributed by atoms with Gasteiger partial charge in [-0.1, -0.05) is 37.9 Å². The van der Waals surface area contributed by atoms with Gasteiger partial charge in [-0.25, -0.2) is 0 Å². The van der Waals surface area contributed by atoms with Crippen molar-refractivity contribution in [2.24, 2.45) is 12.8 Å². The van der Waals surface area contributed by atoms with E-state index in [4.69, 9.17) is 18.0 Å². The lowest BCUT2D eigenvalue weighted by molar-refractivity contribution is 0.0917. The number of nitrogens with zero attached hydrogens (tertiary/aromatic N) is 1. The van der Waals surface area contributed by atoms with E-state index in [1.807, 2.05) is 0 Å². The van der Waals surface area contributed by atoms with Gasteiger partial charge in [0.2, 0.25) is 0 Å². The van der Waals surface area contributed by atoms with Crippen LogP contribution in [-0.4, -0.2) is 21.0 Å². The molecular weight excluding hydrogens is 286 g/mol. The molecule has 1 aliphatic rings. The zero-order valence-corrected chi connectivity index (χ0v) is 13.0. The molecule has 0 radical (unpaired) electrons. The third-order valence-corrected chi connectivity index (χ3v) is 4.54. The number of aromatic nitrogens is 1. The number of hydrogen-bond donors (Lipinski definition) is 2. The highest BCUT2D eigenvalue weighted by Crippen LogP contribution is 2.28. The van der Waals surface area contributed by atoms with Crippen LogP contribution in [0.25, 0.3) is 0 Å². The summed E-state index contributed by atoms with van der Waals surface area (Å²) in [5.74, 6) is -0.289. The van der Waals surface area contributed by atoms with Crippen LogP contribution in [0.15, 0.2) is 23.1 Å². The molecule has 0 aromatic carbocycles. The highest BCUT2D eigenvalue weighted by molar-refractivity contribution is 7.80. The number of nitrogens with two attached hydrogens (primary N) is 1. The van der Waals surface area contributed by atoms with Crippen molar-refractivity contribution in [3.05, 3.63) is 34.2 Å². The second kappa shape index (κ2) is 6.39. The molecule has 0 atom stereocenters. The fourth-order valence-corrected chi connectivity index (χ4v) is 3.00. The van der Waals surface area contributed by atoms with Crippen LogP contribution in [0.4, 0.5) is 0 Å². The summed E-state index contributed by atoms with van der Waals surface area (Å²) >= 11 is 5.20. The van der Waals surface area contributed by atoms with E-state index < -0.39 is 5.54 Å². The molecule has 21 heavy (non-hydrogen) atoms. The lowest BCUT2D eigenvalue weighted by Crippen LogP contribution is -2.56. The van der Waals surface area contributed by atoms with Gasteiger partial charge < -0.3 is 15.6 Å². The van der Waals surface area contributed by atoms with Crippen molar-refractivity contribution in [1.82, 2.24) is 9.88 Å². The zero-order valence-electron chi connectivity index (χ0n) is 12.2. The van der Waals surface area contributed by atoms with E-state index in [0.29, 0.717) is 10.6 Å². The molecule has 1 amide bonds. The quantitative estimate of drug-likeness (QED) is 0.655. The number of carbonyl (C=O) groups is 1. The van der Waals surface area contributed by atoms with Crippen molar-refractivity contribution in [2.45, 2.75) is 44.1 Å². The maximum Gasteiger partial charge on any atom is 0.252 e. The van der Waals surface area contributed by atoms with Gasteiger partial charge >= 0.3 is 0 Å². The number of carbonyl (C=O) groups excluding carboxylic acids is 1. The molecule has 3 N–H and O–H groups in total. The number of rotatable bonds is 3. The summed E-state index contributed by atoms with van der Waals surface area (Å²) in [5, 5.41) is 2.98. The molecule has 1 aromatic heterocycles. The Morgan fingerprint density at radius 2 is 1.95 bits per heavy atom. The largest absolute Gasteiger partial charge is 0.391 e. The molecule has 2 rings (SSSR count). The van der Waals surface area contributed by atoms with Gasteiger partial charge in [0.05, 0.1) is 10.5 Å². The van der Waals surface area contributed by atoms with E-state index in [1.54, 1.807) is 19.3 Å². The van der Waals surface area contributed by atoms with Crippen molar-refractivity contribution in [1.29, 1.82) is 0 Å². The van der Waals surface area contributed by atoms with Gasteiger partial charge in [0.15, 0.2) is 0 Å². The highest BCUT2D eigenvalue weighted by atomic mass is 32.1. The van der Waals surface area contributed by atoms with Crippen molar-refractivity contribution >= 4 is 23.1 Å². The minimum absolute atomic E-state index is 0.215. The molecule has 0 saturated heterocycles. The van der Waals surface area contributed by atoms with Crippen molar-refractivity contribution in [3.8, 4) is 0 Å². The van der Waals surface area contributed by atoms with E-state index in [9.17, 15) is 9.59 Å². The molecule has 1 heterocycles. The normalized spacial score (nSPS) is 17.8. The van der Waals surface area contributed by atoms with Gasteiger partial charge in [-0.2, -0.15) is 0 Å². The van der Waals surface area contributed by atoms with Gasteiger partial charge in [-0.3, -0.25) is 9.59 Å². The van der Waals surface area contributed by atoms with Gasteiger partial charge in [0, 0.05) is 24.9 Å². The SMILES string of the molecule is Cn1ccc(C(=O)NC2(C(N)=S)CCCCCC2)cc1=O. The first-order valence-electron chi connectivity index (χ1n) is 7.24. The Bertz CT molecular complexity index is 601. The van der Waals surface area contributed by atoms with E-state index >= 15 is 0 Å². The van der Waals surface area contributed by atoms with Crippen LogP contribution in [-0.2, 0) is 7.05 Å². The van der Waals surface area contributed by atoms with Gasteiger partial charge in [-0.15, -0.1) is 0 Å². The third-order valence-electron chi connectivity index (χ3n) is 4.15. The lowest BCUT2D eigenvalue weighted by Gasteiger charge is -2.32. The summed E-state index contributed by atoms with van der Waals surface area (Å²) in [6.45, 7) is 0. The Kier molecular flexibility index (Phi) is 4.77. The molecule has 0 bridgehead atoms. The predicted molar refractivity (Wildman–Crippen MR) is 86.4 cm³/mol. The number of amides is 1. The van der Waals surface area contributed by atoms with Gasteiger partial charge in [0.25, 0.3) is 11.5 Å². The zero-order chi connectivity index (χ0) is 15.5.